The van der Waals surface area contributed by atoms with Crippen LogP contribution in [0.3, 0.4) is 0 Å². The molecule has 1 saturated carbocycles. The lowest BCUT2D eigenvalue weighted by molar-refractivity contribution is 0.241. The molecule has 0 unspecified atom stereocenters. The van der Waals surface area contributed by atoms with Crippen LogP contribution in [0.5, 0.6) is 0 Å². The first-order valence-corrected chi connectivity index (χ1v) is 6.02. The highest BCUT2D eigenvalue weighted by Gasteiger charge is 2.39. The number of hydrogen-bond acceptors (Lipinski definition) is 1. The SMILES string of the molecule is Cn1c(C2(CN)CCC2)cc2ccccc21. The van der Waals surface area contributed by atoms with Crippen LogP contribution in [0.15, 0.2) is 30.3 Å². The Bertz CT molecular complexity index is 515. The van der Waals surface area contributed by atoms with Crippen molar-refractivity contribution in [3.63, 3.8) is 0 Å². The molecule has 0 saturated heterocycles. The molecule has 2 heteroatoms. The number of rotatable bonds is 2. The Balaban J connectivity index is 2.20. The van der Waals surface area contributed by atoms with E-state index < -0.39 is 0 Å². The summed E-state index contributed by atoms with van der Waals surface area (Å²) in [5.74, 6) is 0. The van der Waals surface area contributed by atoms with Gasteiger partial charge in [0.1, 0.15) is 0 Å². The molecule has 0 amide bonds. The van der Waals surface area contributed by atoms with Crippen LogP contribution in [0.2, 0.25) is 0 Å². The van der Waals surface area contributed by atoms with Crippen molar-refractivity contribution in [3.8, 4) is 0 Å². The summed E-state index contributed by atoms with van der Waals surface area (Å²) in [7, 11) is 2.16. The summed E-state index contributed by atoms with van der Waals surface area (Å²) < 4.78 is 2.32. The molecule has 2 N–H and O–H groups in total. The molecule has 1 aromatic carbocycles. The van der Waals surface area contributed by atoms with Crippen molar-refractivity contribution in [1.29, 1.82) is 0 Å². The summed E-state index contributed by atoms with van der Waals surface area (Å²) in [6.07, 6.45) is 3.81. The van der Waals surface area contributed by atoms with Crippen molar-refractivity contribution in [2.45, 2.75) is 24.7 Å². The highest BCUT2D eigenvalue weighted by molar-refractivity contribution is 5.81. The summed E-state index contributed by atoms with van der Waals surface area (Å²) in [5.41, 5.74) is 8.97. The van der Waals surface area contributed by atoms with Crippen LogP contribution in [0, 0.1) is 0 Å². The largest absolute Gasteiger partial charge is 0.347 e. The normalized spacial score (nSPS) is 18.6. The Kier molecular flexibility index (Phi) is 2.08. The summed E-state index contributed by atoms with van der Waals surface area (Å²) in [6.45, 7) is 0.775. The van der Waals surface area contributed by atoms with E-state index in [9.17, 15) is 0 Å². The third kappa shape index (κ3) is 1.17. The lowest BCUT2D eigenvalue weighted by Gasteiger charge is -2.41. The molecule has 1 aliphatic carbocycles. The summed E-state index contributed by atoms with van der Waals surface area (Å²) in [6, 6.07) is 10.9. The Hall–Kier alpha value is -1.28. The smallest absolute Gasteiger partial charge is 0.0480 e. The van der Waals surface area contributed by atoms with E-state index in [0.29, 0.717) is 0 Å². The molecule has 1 aromatic heterocycles. The molecule has 3 rings (SSSR count). The molecule has 0 spiro atoms. The molecule has 0 radical (unpaired) electrons. The van der Waals surface area contributed by atoms with Crippen LogP contribution in [-0.4, -0.2) is 11.1 Å². The van der Waals surface area contributed by atoms with Crippen molar-refractivity contribution in [2.24, 2.45) is 12.8 Å². The second kappa shape index (κ2) is 3.36. The molecule has 16 heavy (non-hydrogen) atoms. The monoisotopic (exact) mass is 214 g/mol. The van der Waals surface area contributed by atoms with Gasteiger partial charge in [0.25, 0.3) is 0 Å². The molecule has 2 aromatic rings. The van der Waals surface area contributed by atoms with E-state index in [0.717, 1.165) is 6.54 Å². The number of para-hydroxylation sites is 1. The first kappa shape index (κ1) is 9.91. The number of aromatic nitrogens is 1. The summed E-state index contributed by atoms with van der Waals surface area (Å²) in [5, 5.41) is 1.33. The minimum absolute atomic E-state index is 0.258. The van der Waals surface area contributed by atoms with Crippen molar-refractivity contribution >= 4 is 10.9 Å². The Morgan fingerprint density at radius 2 is 2.06 bits per heavy atom. The fourth-order valence-corrected chi connectivity index (χ4v) is 2.97. The van der Waals surface area contributed by atoms with Gasteiger partial charge in [0.15, 0.2) is 0 Å². The second-order valence-corrected chi connectivity index (χ2v) is 4.99. The number of nitrogens with zero attached hydrogens (tertiary/aromatic N) is 1. The third-order valence-electron chi connectivity index (χ3n) is 4.20. The van der Waals surface area contributed by atoms with E-state index >= 15 is 0 Å². The van der Waals surface area contributed by atoms with Gasteiger partial charge in [-0.25, -0.2) is 0 Å². The third-order valence-corrected chi connectivity index (χ3v) is 4.20. The zero-order valence-corrected chi connectivity index (χ0v) is 9.74. The number of benzene rings is 1. The highest BCUT2D eigenvalue weighted by atomic mass is 15.0. The second-order valence-electron chi connectivity index (χ2n) is 4.99. The van der Waals surface area contributed by atoms with Crippen molar-refractivity contribution in [3.05, 3.63) is 36.0 Å². The molecule has 1 heterocycles. The van der Waals surface area contributed by atoms with Crippen LogP contribution in [0.1, 0.15) is 25.0 Å². The van der Waals surface area contributed by atoms with Gasteiger partial charge in [0.2, 0.25) is 0 Å². The predicted octanol–water partition coefficient (Wildman–Crippen LogP) is 2.56. The van der Waals surface area contributed by atoms with Gasteiger partial charge in [0.05, 0.1) is 0 Å². The lowest BCUT2D eigenvalue weighted by atomic mass is 9.66. The fourth-order valence-electron chi connectivity index (χ4n) is 2.97. The zero-order chi connectivity index (χ0) is 11.2. The first-order valence-electron chi connectivity index (χ1n) is 6.02. The number of hydrogen-bond donors (Lipinski definition) is 1. The Morgan fingerprint density at radius 3 is 2.62 bits per heavy atom. The van der Waals surface area contributed by atoms with Crippen molar-refractivity contribution in [1.82, 2.24) is 4.57 Å². The Labute approximate surface area is 96.1 Å². The van der Waals surface area contributed by atoms with Crippen LogP contribution in [0.4, 0.5) is 0 Å². The van der Waals surface area contributed by atoms with E-state index in [2.05, 4.69) is 41.9 Å². The van der Waals surface area contributed by atoms with Crippen LogP contribution in [0.25, 0.3) is 10.9 Å². The average Bonchev–Trinajstić information content (AvgIpc) is 2.57. The van der Waals surface area contributed by atoms with Gasteiger partial charge in [-0.05, 0) is 30.4 Å². The first-order chi connectivity index (χ1) is 7.77. The average molecular weight is 214 g/mol. The minimum Gasteiger partial charge on any atom is -0.347 e. The maximum absolute atomic E-state index is 5.98. The van der Waals surface area contributed by atoms with Gasteiger partial charge in [-0.2, -0.15) is 0 Å². The Morgan fingerprint density at radius 1 is 1.31 bits per heavy atom. The quantitative estimate of drug-likeness (QED) is 0.818. The number of fused-ring (bicyclic) bond motifs is 1. The standard InChI is InChI=1S/C14H18N2/c1-16-12-6-3-2-5-11(12)9-13(16)14(10-15)7-4-8-14/h2-3,5-6,9H,4,7-8,10,15H2,1H3. The van der Waals surface area contributed by atoms with E-state index in [1.165, 1.54) is 35.9 Å². The van der Waals surface area contributed by atoms with Gasteiger partial charge < -0.3 is 10.3 Å². The highest BCUT2D eigenvalue weighted by Crippen LogP contribution is 2.44. The molecule has 1 fully saturated rings. The van der Waals surface area contributed by atoms with E-state index in [4.69, 9.17) is 5.73 Å². The zero-order valence-electron chi connectivity index (χ0n) is 9.74. The molecule has 84 valence electrons. The molecule has 0 aliphatic heterocycles. The molecular formula is C14H18N2. The molecular weight excluding hydrogens is 196 g/mol. The molecule has 0 atom stereocenters. The van der Waals surface area contributed by atoms with E-state index in [1.54, 1.807) is 0 Å². The van der Waals surface area contributed by atoms with Gasteiger partial charge in [-0.3, -0.25) is 0 Å². The summed E-state index contributed by atoms with van der Waals surface area (Å²) >= 11 is 0. The molecule has 1 aliphatic rings. The van der Waals surface area contributed by atoms with Gasteiger partial charge in [0, 0.05) is 30.2 Å². The lowest BCUT2D eigenvalue weighted by Crippen LogP contribution is -2.42. The predicted molar refractivity (Wildman–Crippen MR) is 67.5 cm³/mol. The van der Waals surface area contributed by atoms with Crippen molar-refractivity contribution < 1.29 is 0 Å². The number of aryl methyl sites for hydroxylation is 1. The maximum atomic E-state index is 5.98. The molecule has 0 bridgehead atoms. The van der Waals surface area contributed by atoms with E-state index in [1.807, 2.05) is 0 Å². The van der Waals surface area contributed by atoms with Crippen LogP contribution >= 0.6 is 0 Å². The minimum atomic E-state index is 0.258. The number of nitrogens with two attached hydrogens (primary N) is 1. The molecule has 2 nitrogen and oxygen atoms in total. The van der Waals surface area contributed by atoms with Crippen molar-refractivity contribution in [2.75, 3.05) is 6.54 Å². The van der Waals surface area contributed by atoms with Gasteiger partial charge in [-0.1, -0.05) is 24.6 Å². The maximum Gasteiger partial charge on any atom is 0.0480 e. The fraction of sp³-hybridized carbons (Fsp3) is 0.429. The van der Waals surface area contributed by atoms with Crippen LogP contribution in [-0.2, 0) is 12.5 Å². The van der Waals surface area contributed by atoms with Gasteiger partial charge >= 0.3 is 0 Å². The van der Waals surface area contributed by atoms with E-state index in [-0.39, 0.29) is 5.41 Å². The van der Waals surface area contributed by atoms with Gasteiger partial charge in [-0.15, -0.1) is 0 Å². The topological polar surface area (TPSA) is 30.9 Å². The van der Waals surface area contributed by atoms with Crippen LogP contribution < -0.4 is 5.73 Å². The summed E-state index contributed by atoms with van der Waals surface area (Å²) in [4.78, 5) is 0.